The zero-order chi connectivity index (χ0) is 14.8. The van der Waals surface area contributed by atoms with Crippen LogP contribution >= 0.6 is 0 Å². The summed E-state index contributed by atoms with van der Waals surface area (Å²) in [7, 11) is 1.28. The number of fused-ring (bicyclic) bond motifs is 1. The smallest absolute Gasteiger partial charge is 0.347 e. The van der Waals surface area contributed by atoms with E-state index in [0.717, 1.165) is 25.7 Å². The molecule has 0 unspecified atom stereocenters. The molecule has 1 aliphatic heterocycles. The van der Waals surface area contributed by atoms with Gasteiger partial charge in [0.2, 0.25) is 5.67 Å². The number of hydrogen-bond acceptors (Lipinski definition) is 3. The summed E-state index contributed by atoms with van der Waals surface area (Å²) in [6.07, 6.45) is 4.35. The molecule has 3 nitrogen and oxygen atoms in total. The van der Waals surface area contributed by atoms with E-state index >= 15 is 4.39 Å². The van der Waals surface area contributed by atoms with Crippen molar-refractivity contribution in [2.45, 2.75) is 64.1 Å². The van der Waals surface area contributed by atoms with Crippen molar-refractivity contribution >= 4 is 5.97 Å². The normalized spacial score (nSPS) is 49.5. The van der Waals surface area contributed by atoms with Crippen LogP contribution < -0.4 is 0 Å². The molecular formula is C16H25FO3. The van der Waals surface area contributed by atoms with Gasteiger partial charge in [0.15, 0.2) is 0 Å². The maximum absolute atomic E-state index is 16.1. The molecule has 3 fully saturated rings. The monoisotopic (exact) mass is 284 g/mol. The van der Waals surface area contributed by atoms with E-state index in [-0.39, 0.29) is 11.3 Å². The average molecular weight is 284 g/mol. The Balaban J connectivity index is 2.10. The highest BCUT2D eigenvalue weighted by molar-refractivity contribution is 5.83. The first-order valence-corrected chi connectivity index (χ1v) is 7.65. The fourth-order valence-electron chi connectivity index (χ4n) is 5.30. The standard InChI is InChI=1S/C16H25FO3/c1-13(2)7-5-8-14(3)11(13)6-9-15(10-20-15)16(14,17)12(18)19-4/h11H,5-10H2,1-4H3/t11-,14-,15-,16-/m0/s1. The van der Waals surface area contributed by atoms with E-state index in [0.29, 0.717) is 13.0 Å². The SMILES string of the molecule is COC(=O)[C@@]1(F)[C@]2(CC[C@H]3C(C)(C)CCC[C@@]31C)CO2. The lowest BCUT2D eigenvalue weighted by Crippen LogP contribution is -2.68. The number of carbonyl (C=O) groups is 1. The molecule has 114 valence electrons. The number of alkyl halides is 1. The third-order valence-corrected chi connectivity index (χ3v) is 6.44. The molecule has 4 atom stereocenters. The molecule has 0 N–H and O–H groups in total. The van der Waals surface area contributed by atoms with E-state index in [4.69, 9.17) is 9.47 Å². The van der Waals surface area contributed by atoms with Crippen LogP contribution in [0.4, 0.5) is 4.39 Å². The van der Waals surface area contributed by atoms with Gasteiger partial charge in [-0.25, -0.2) is 9.18 Å². The topological polar surface area (TPSA) is 38.8 Å². The number of rotatable bonds is 1. The Morgan fingerprint density at radius 1 is 1.25 bits per heavy atom. The van der Waals surface area contributed by atoms with E-state index in [1.165, 1.54) is 7.11 Å². The van der Waals surface area contributed by atoms with E-state index in [1.807, 2.05) is 6.92 Å². The van der Waals surface area contributed by atoms with Crippen LogP contribution in [-0.2, 0) is 14.3 Å². The lowest BCUT2D eigenvalue weighted by atomic mass is 9.45. The summed E-state index contributed by atoms with van der Waals surface area (Å²) in [4.78, 5) is 12.3. The van der Waals surface area contributed by atoms with E-state index in [1.54, 1.807) is 0 Å². The molecule has 3 rings (SSSR count). The Hall–Kier alpha value is -0.640. The highest BCUT2D eigenvalue weighted by Gasteiger charge is 2.79. The van der Waals surface area contributed by atoms with Gasteiger partial charge in [0, 0.05) is 5.41 Å². The Morgan fingerprint density at radius 3 is 2.45 bits per heavy atom. The summed E-state index contributed by atoms with van der Waals surface area (Å²) < 4.78 is 26.4. The predicted molar refractivity (Wildman–Crippen MR) is 73.0 cm³/mol. The number of carbonyl (C=O) groups excluding carboxylic acids is 1. The molecule has 2 aliphatic carbocycles. The second-order valence-corrected chi connectivity index (χ2v) is 7.78. The number of ether oxygens (including phenoxy) is 2. The Labute approximate surface area is 120 Å². The van der Waals surface area contributed by atoms with Crippen molar-refractivity contribution in [1.82, 2.24) is 0 Å². The molecule has 0 radical (unpaired) electrons. The molecule has 0 amide bonds. The second kappa shape index (κ2) is 3.96. The van der Waals surface area contributed by atoms with Crippen LogP contribution in [0.2, 0.25) is 0 Å². The van der Waals surface area contributed by atoms with Crippen molar-refractivity contribution in [2.75, 3.05) is 13.7 Å². The van der Waals surface area contributed by atoms with Crippen LogP contribution in [0, 0.1) is 16.7 Å². The quantitative estimate of drug-likeness (QED) is 0.548. The van der Waals surface area contributed by atoms with E-state index in [9.17, 15) is 4.79 Å². The van der Waals surface area contributed by atoms with Gasteiger partial charge in [-0.05, 0) is 37.0 Å². The second-order valence-electron chi connectivity index (χ2n) is 7.78. The summed E-state index contributed by atoms with van der Waals surface area (Å²) in [6.45, 7) is 6.70. The lowest BCUT2D eigenvalue weighted by Gasteiger charge is -2.59. The molecule has 20 heavy (non-hydrogen) atoms. The first kappa shape index (κ1) is 14.3. The molecule has 1 heterocycles. The maximum Gasteiger partial charge on any atom is 0.347 e. The van der Waals surface area contributed by atoms with Crippen LogP contribution in [0.5, 0.6) is 0 Å². The van der Waals surface area contributed by atoms with Crippen LogP contribution in [0.1, 0.15) is 52.9 Å². The number of esters is 1. The van der Waals surface area contributed by atoms with Gasteiger partial charge in [0.05, 0.1) is 13.7 Å². The molecular weight excluding hydrogens is 259 g/mol. The van der Waals surface area contributed by atoms with Gasteiger partial charge >= 0.3 is 5.97 Å². The van der Waals surface area contributed by atoms with Crippen LogP contribution in [0.3, 0.4) is 0 Å². The lowest BCUT2D eigenvalue weighted by molar-refractivity contribution is -0.206. The summed E-state index contributed by atoms with van der Waals surface area (Å²) >= 11 is 0. The fourth-order valence-corrected chi connectivity index (χ4v) is 5.30. The van der Waals surface area contributed by atoms with Gasteiger partial charge in [-0.1, -0.05) is 27.2 Å². The van der Waals surface area contributed by atoms with Gasteiger partial charge < -0.3 is 9.47 Å². The Morgan fingerprint density at radius 2 is 1.90 bits per heavy atom. The first-order chi connectivity index (χ1) is 9.23. The van der Waals surface area contributed by atoms with Crippen molar-refractivity contribution in [2.24, 2.45) is 16.7 Å². The molecule has 4 heteroatoms. The van der Waals surface area contributed by atoms with Crippen LogP contribution in [-0.4, -0.2) is 31.0 Å². The number of epoxide rings is 1. The number of hydrogen-bond donors (Lipinski definition) is 0. The molecule has 0 aromatic carbocycles. The van der Waals surface area contributed by atoms with Gasteiger partial charge in [0.25, 0.3) is 0 Å². The molecule has 3 aliphatic rings. The van der Waals surface area contributed by atoms with Crippen LogP contribution in [0.15, 0.2) is 0 Å². The van der Waals surface area contributed by atoms with Gasteiger partial charge in [-0.3, -0.25) is 0 Å². The minimum atomic E-state index is -2.00. The van der Waals surface area contributed by atoms with Gasteiger partial charge in [0.1, 0.15) is 5.60 Å². The average Bonchev–Trinajstić information content (AvgIpc) is 3.15. The highest BCUT2D eigenvalue weighted by Crippen LogP contribution is 2.68. The van der Waals surface area contributed by atoms with Gasteiger partial charge in [-0.2, -0.15) is 0 Å². The minimum Gasteiger partial charge on any atom is -0.467 e. The molecule has 0 aromatic rings. The molecule has 1 saturated heterocycles. The zero-order valence-corrected chi connectivity index (χ0v) is 12.9. The first-order valence-electron chi connectivity index (χ1n) is 7.65. The summed E-state index contributed by atoms with van der Waals surface area (Å²) in [5.74, 6) is -0.539. The van der Waals surface area contributed by atoms with E-state index < -0.39 is 22.7 Å². The third-order valence-electron chi connectivity index (χ3n) is 6.44. The van der Waals surface area contributed by atoms with Crippen molar-refractivity contribution in [3.8, 4) is 0 Å². The van der Waals surface area contributed by atoms with Gasteiger partial charge in [-0.15, -0.1) is 0 Å². The van der Waals surface area contributed by atoms with Crippen molar-refractivity contribution in [3.63, 3.8) is 0 Å². The molecule has 1 spiro atoms. The minimum absolute atomic E-state index is 0.0643. The summed E-state index contributed by atoms with van der Waals surface area (Å²) in [5.41, 5.74) is -3.54. The molecule has 2 saturated carbocycles. The third kappa shape index (κ3) is 1.46. The highest BCUT2D eigenvalue weighted by atomic mass is 19.1. The largest absolute Gasteiger partial charge is 0.467 e. The number of methoxy groups -OCH3 is 1. The Bertz CT molecular complexity index is 443. The predicted octanol–water partition coefficient (Wildman–Crippen LogP) is 3.26. The van der Waals surface area contributed by atoms with Crippen molar-refractivity contribution < 1.29 is 18.7 Å². The van der Waals surface area contributed by atoms with E-state index in [2.05, 4.69) is 13.8 Å². The van der Waals surface area contributed by atoms with Crippen LogP contribution in [0.25, 0.3) is 0 Å². The number of halogens is 1. The Kier molecular flexibility index (Phi) is 2.84. The summed E-state index contributed by atoms with van der Waals surface area (Å²) in [5, 5.41) is 0. The fraction of sp³-hybridized carbons (Fsp3) is 0.938. The summed E-state index contributed by atoms with van der Waals surface area (Å²) in [6, 6.07) is 0. The zero-order valence-electron chi connectivity index (χ0n) is 12.9. The molecule has 0 aromatic heterocycles. The maximum atomic E-state index is 16.1. The van der Waals surface area contributed by atoms with Crippen molar-refractivity contribution in [1.29, 1.82) is 0 Å². The molecule has 0 bridgehead atoms. The van der Waals surface area contributed by atoms with Crippen molar-refractivity contribution in [3.05, 3.63) is 0 Å².